The molecule has 6 rings (SSSR count). The molecule has 15 heteroatoms. The lowest BCUT2D eigenvalue weighted by Gasteiger charge is -2.23. The van der Waals surface area contributed by atoms with Gasteiger partial charge < -0.3 is 24.8 Å². The molecule has 4 atom stereocenters. The fourth-order valence-corrected chi connectivity index (χ4v) is 10.8. The molecule has 3 aromatic rings. The van der Waals surface area contributed by atoms with E-state index in [4.69, 9.17) is 30.8 Å². The van der Waals surface area contributed by atoms with Crippen LogP contribution in [0.4, 0.5) is 4.79 Å². The van der Waals surface area contributed by atoms with E-state index in [-0.39, 0.29) is 29.8 Å². The molecule has 57 heavy (non-hydrogen) atoms. The highest BCUT2D eigenvalue weighted by molar-refractivity contribution is 8.00. The summed E-state index contributed by atoms with van der Waals surface area (Å²) < 4.78 is 19.1. The maximum absolute atomic E-state index is 13.3. The number of urea groups is 1. The molecule has 12 nitrogen and oxygen atoms in total. The number of carbonyl (C=O) groups excluding carboxylic acids is 3. The molecule has 1 aromatic carbocycles. The standard InChI is InChI=1S/C42H57ClN6O6S2/c1-27-28(2)57-40-36(27)37(30-15-17-31(43)18-16-30)44-34(39-48-47-29(3)49(39)40)25-33(51)13-8-10-20-54-22-24-55-23-21-53-19-9-7-12-32(50)11-5-6-14-35-38-42(4,26-56-35)46-41(52)45-38/h15-18,34-35,38H,5-14,19-26H2,1-4H3,(H2,45,46,52)/t34?,35-,38+,42-/m1/s1. The van der Waals surface area contributed by atoms with E-state index < -0.39 is 6.04 Å². The number of ketones is 2. The predicted octanol–water partition coefficient (Wildman–Crippen LogP) is 7.83. The number of aryl methyl sites for hydroxylation is 2. The second-order valence-corrected chi connectivity index (χ2v) is 18.4. The summed E-state index contributed by atoms with van der Waals surface area (Å²) in [5.74, 6) is 2.86. The number of thiophene rings is 1. The van der Waals surface area contributed by atoms with Gasteiger partial charge in [-0.1, -0.05) is 30.2 Å². The number of halogens is 1. The minimum atomic E-state index is -0.451. The number of benzene rings is 1. The lowest BCUT2D eigenvalue weighted by atomic mass is 9.92. The van der Waals surface area contributed by atoms with E-state index in [9.17, 15) is 14.4 Å². The zero-order valence-electron chi connectivity index (χ0n) is 33.7. The number of rotatable bonds is 24. The van der Waals surface area contributed by atoms with Crippen molar-refractivity contribution < 1.29 is 28.6 Å². The summed E-state index contributed by atoms with van der Waals surface area (Å²) in [4.78, 5) is 43.8. The molecule has 3 aliphatic rings. The van der Waals surface area contributed by atoms with Crippen LogP contribution in [0.15, 0.2) is 29.3 Å². The highest BCUT2D eigenvalue weighted by atomic mass is 35.5. The number of unbranched alkanes of at least 4 members (excludes halogenated alkanes) is 3. The van der Waals surface area contributed by atoms with E-state index in [1.165, 1.54) is 4.88 Å². The summed E-state index contributed by atoms with van der Waals surface area (Å²) in [5, 5.41) is 17.1. The van der Waals surface area contributed by atoms with Crippen LogP contribution >= 0.6 is 34.7 Å². The molecule has 0 bridgehead atoms. The number of carbonyl (C=O) groups is 3. The Labute approximate surface area is 349 Å². The van der Waals surface area contributed by atoms with Crippen LogP contribution in [0, 0.1) is 20.8 Å². The highest BCUT2D eigenvalue weighted by Gasteiger charge is 2.51. The Hall–Kier alpha value is -3.14. The second-order valence-electron chi connectivity index (χ2n) is 15.5. The number of Topliss-reactive ketones (excluding diaryl/α,β-unsaturated/α-hetero) is 2. The van der Waals surface area contributed by atoms with Gasteiger partial charge in [-0.15, -0.1) is 21.5 Å². The van der Waals surface area contributed by atoms with Crippen molar-refractivity contribution in [1.82, 2.24) is 25.4 Å². The first-order valence-corrected chi connectivity index (χ1v) is 22.6. The number of nitrogens with zero attached hydrogens (tertiary/aromatic N) is 4. The van der Waals surface area contributed by atoms with Crippen LogP contribution in [0.2, 0.25) is 5.02 Å². The SMILES string of the molecule is Cc1sc2c(c1C)C(c1ccc(Cl)cc1)=NC(CC(=O)CCCCOCCOCCOCCCCC(=O)CCCC[C@H]1SC[C@@]3(C)NC(=O)N[C@@H]13)c1nnc(C)n1-2. The number of hydrogen-bond donors (Lipinski definition) is 2. The first-order valence-electron chi connectivity index (χ1n) is 20.4. The van der Waals surface area contributed by atoms with Crippen LogP contribution in [0.3, 0.4) is 0 Å². The number of ether oxygens (including phenoxy) is 3. The Kier molecular flexibility index (Phi) is 15.8. The van der Waals surface area contributed by atoms with Gasteiger partial charge in [0.05, 0.1) is 43.7 Å². The number of amides is 2. The van der Waals surface area contributed by atoms with E-state index in [1.54, 1.807) is 11.3 Å². The number of nitrogens with one attached hydrogen (secondary N) is 2. The smallest absolute Gasteiger partial charge is 0.315 e. The summed E-state index contributed by atoms with van der Waals surface area (Å²) >= 11 is 9.85. The van der Waals surface area contributed by atoms with Gasteiger partial charge in [0.25, 0.3) is 0 Å². The molecule has 2 saturated heterocycles. The molecule has 2 N–H and O–H groups in total. The molecule has 0 saturated carbocycles. The van der Waals surface area contributed by atoms with Crippen molar-refractivity contribution in [2.24, 2.45) is 4.99 Å². The average molecular weight is 842 g/mol. The summed E-state index contributed by atoms with van der Waals surface area (Å²) in [5.41, 5.74) is 3.88. The minimum absolute atomic E-state index is 0.0606. The first-order chi connectivity index (χ1) is 27.5. The monoisotopic (exact) mass is 840 g/mol. The minimum Gasteiger partial charge on any atom is -0.379 e. The van der Waals surface area contributed by atoms with E-state index in [1.807, 2.05) is 43.0 Å². The zero-order chi connectivity index (χ0) is 40.4. The number of thioether (sulfide) groups is 1. The Morgan fingerprint density at radius 2 is 1.51 bits per heavy atom. The van der Waals surface area contributed by atoms with Crippen molar-refractivity contribution in [2.75, 3.05) is 45.4 Å². The van der Waals surface area contributed by atoms with Gasteiger partial charge in [-0.2, -0.15) is 11.8 Å². The molecular weight excluding hydrogens is 784 g/mol. The van der Waals surface area contributed by atoms with Crippen LogP contribution in [0.25, 0.3) is 5.00 Å². The van der Waals surface area contributed by atoms with Gasteiger partial charge in [0.15, 0.2) is 5.82 Å². The molecular formula is C42H57ClN6O6S2. The summed E-state index contributed by atoms with van der Waals surface area (Å²) in [6.07, 6.45) is 8.09. The van der Waals surface area contributed by atoms with E-state index in [2.05, 4.69) is 46.2 Å². The van der Waals surface area contributed by atoms with Crippen LogP contribution < -0.4 is 10.6 Å². The third-order valence-electron chi connectivity index (χ3n) is 11.0. The van der Waals surface area contributed by atoms with Gasteiger partial charge in [-0.05, 0) is 83.9 Å². The van der Waals surface area contributed by atoms with Crippen molar-refractivity contribution in [3.8, 4) is 5.00 Å². The van der Waals surface area contributed by atoms with Crippen LogP contribution in [-0.4, -0.2) is 100 Å². The molecule has 2 aromatic heterocycles. The fourth-order valence-electron chi connectivity index (χ4n) is 7.77. The largest absolute Gasteiger partial charge is 0.379 e. The summed E-state index contributed by atoms with van der Waals surface area (Å²) in [7, 11) is 0. The van der Waals surface area contributed by atoms with Crippen molar-refractivity contribution in [3.63, 3.8) is 0 Å². The van der Waals surface area contributed by atoms with E-state index in [0.29, 0.717) is 80.8 Å². The van der Waals surface area contributed by atoms with Crippen LogP contribution in [0.1, 0.15) is 117 Å². The third-order valence-corrected chi connectivity index (χ3v) is 14.2. The maximum Gasteiger partial charge on any atom is 0.315 e. The van der Waals surface area contributed by atoms with Crippen molar-refractivity contribution in [3.05, 3.63) is 62.5 Å². The van der Waals surface area contributed by atoms with E-state index in [0.717, 1.165) is 83.9 Å². The third kappa shape index (κ3) is 11.3. The number of aliphatic imine (C=N–C) groups is 1. The summed E-state index contributed by atoms with van der Waals surface area (Å²) in [6, 6.07) is 7.38. The quantitative estimate of drug-likeness (QED) is 0.0681. The van der Waals surface area contributed by atoms with E-state index >= 15 is 0 Å². The Bertz CT molecular complexity index is 1880. The lowest BCUT2D eigenvalue weighted by molar-refractivity contribution is -0.120. The molecule has 2 fully saturated rings. The molecule has 1 unspecified atom stereocenters. The molecule has 3 aliphatic heterocycles. The number of hydrogen-bond acceptors (Lipinski definition) is 11. The van der Waals surface area contributed by atoms with Crippen molar-refractivity contribution in [1.29, 1.82) is 0 Å². The topological polar surface area (TPSA) is 146 Å². The van der Waals surface area contributed by atoms with Crippen molar-refractivity contribution >= 4 is 58.0 Å². The molecule has 5 heterocycles. The molecule has 2 amide bonds. The van der Waals surface area contributed by atoms with Crippen LogP contribution in [-0.2, 0) is 23.8 Å². The molecule has 310 valence electrons. The molecule has 0 spiro atoms. The molecule has 0 aliphatic carbocycles. The fraction of sp³-hybridized carbons (Fsp3) is 0.619. The second kappa shape index (κ2) is 20.7. The normalized spacial score (nSPS) is 21.0. The lowest BCUT2D eigenvalue weighted by Crippen LogP contribution is -2.47. The van der Waals surface area contributed by atoms with Gasteiger partial charge >= 0.3 is 6.03 Å². The van der Waals surface area contributed by atoms with Gasteiger partial charge in [0.2, 0.25) is 0 Å². The Balaban J connectivity index is 0.784. The van der Waals surface area contributed by atoms with Crippen molar-refractivity contribution in [2.45, 2.75) is 121 Å². The van der Waals surface area contributed by atoms with Gasteiger partial charge in [0.1, 0.15) is 28.4 Å². The van der Waals surface area contributed by atoms with Gasteiger partial charge in [0, 0.05) is 70.9 Å². The summed E-state index contributed by atoms with van der Waals surface area (Å²) in [6.45, 7) is 11.5. The molecule has 0 radical (unpaired) electrons. The van der Waals surface area contributed by atoms with Gasteiger partial charge in [-0.3, -0.25) is 19.1 Å². The maximum atomic E-state index is 13.3. The number of aromatic nitrogens is 3. The Morgan fingerprint density at radius 3 is 2.19 bits per heavy atom. The highest BCUT2D eigenvalue weighted by Crippen LogP contribution is 2.41. The Morgan fingerprint density at radius 1 is 0.877 bits per heavy atom. The number of fused-ring (bicyclic) bond motifs is 4. The predicted molar refractivity (Wildman–Crippen MR) is 227 cm³/mol. The van der Waals surface area contributed by atoms with Gasteiger partial charge in [-0.25, -0.2) is 4.79 Å². The average Bonchev–Trinajstić information content (AvgIpc) is 3.86. The van der Waals surface area contributed by atoms with Crippen LogP contribution in [0.5, 0.6) is 0 Å². The zero-order valence-corrected chi connectivity index (χ0v) is 36.1. The first kappa shape index (κ1) is 43.4.